The number of rotatable bonds is 12. The minimum absolute atomic E-state index is 0.199. The third-order valence-electron chi connectivity index (χ3n) is 14.0. The molecule has 4 fully saturated rings. The van der Waals surface area contributed by atoms with Gasteiger partial charge in [-0.25, -0.2) is 30.3 Å². The smallest absolute Gasteiger partial charge is 0.243 e. The molecule has 21 heteroatoms. The molecule has 0 saturated carbocycles. The van der Waals surface area contributed by atoms with Gasteiger partial charge in [0.1, 0.15) is 33.9 Å². The second kappa shape index (κ2) is 19.4. The van der Waals surface area contributed by atoms with Gasteiger partial charge >= 0.3 is 0 Å². The first-order chi connectivity index (χ1) is 34.0. The van der Waals surface area contributed by atoms with E-state index >= 15 is 8.78 Å². The van der Waals surface area contributed by atoms with E-state index in [4.69, 9.17) is 24.4 Å². The van der Waals surface area contributed by atoms with Crippen LogP contribution in [-0.4, -0.2) is 132 Å². The second-order valence-corrected chi connectivity index (χ2v) is 21.8. The molecule has 4 saturated heterocycles. The molecule has 2 N–H and O–H groups in total. The van der Waals surface area contributed by atoms with Gasteiger partial charge in [0.05, 0.1) is 35.6 Å². The van der Waals surface area contributed by atoms with Gasteiger partial charge in [-0.2, -0.15) is 9.97 Å². The SMILES string of the molecule is COc1cc(N2CCN(C)CC2)c(F)cc1Nc1ncc2ccn(-c3ccc(N4CCC(c5nc(Nc6ccc(N7CCN(I)CC7)c(F)c6)nc6c5ccn6CC5CCOCC5)S4(=O)=O)cc3)c2n1. The van der Waals surface area contributed by atoms with E-state index in [2.05, 4.69) is 58.1 Å². The number of methoxy groups -OCH3 is 1. The summed E-state index contributed by atoms with van der Waals surface area (Å²) in [6.07, 6.45) is 7.68. The van der Waals surface area contributed by atoms with E-state index in [1.165, 1.54) is 16.4 Å². The Labute approximate surface area is 418 Å². The lowest BCUT2D eigenvalue weighted by Crippen LogP contribution is -2.44. The number of halogens is 3. The molecule has 4 aliphatic heterocycles. The monoisotopic (exact) mass is 1090 g/mol. The van der Waals surface area contributed by atoms with Gasteiger partial charge in [0.15, 0.2) is 0 Å². The summed E-state index contributed by atoms with van der Waals surface area (Å²) < 4.78 is 79.7. The highest BCUT2D eigenvalue weighted by molar-refractivity contribution is 14.1. The zero-order chi connectivity index (χ0) is 48.1. The summed E-state index contributed by atoms with van der Waals surface area (Å²) in [5.41, 5.74) is 4.79. The topological polar surface area (TPSA) is 154 Å². The Morgan fingerprint density at radius 3 is 2.23 bits per heavy atom. The van der Waals surface area contributed by atoms with Gasteiger partial charge in [0, 0.05) is 154 Å². The van der Waals surface area contributed by atoms with E-state index in [1.807, 2.05) is 57.1 Å². The molecule has 17 nitrogen and oxygen atoms in total. The predicted octanol–water partition coefficient (Wildman–Crippen LogP) is 7.87. The van der Waals surface area contributed by atoms with Crippen molar-refractivity contribution in [2.45, 2.75) is 31.1 Å². The quantitative estimate of drug-likeness (QED) is 0.0901. The lowest BCUT2D eigenvalue weighted by Gasteiger charge is -2.34. The highest BCUT2D eigenvalue weighted by atomic mass is 127. The molecule has 0 radical (unpaired) electrons. The molecule has 8 heterocycles. The number of hydrogen-bond acceptors (Lipinski definition) is 14. The summed E-state index contributed by atoms with van der Waals surface area (Å²) in [7, 11) is -0.369. The van der Waals surface area contributed by atoms with Gasteiger partial charge in [-0.05, 0) is 86.8 Å². The first-order valence-electron chi connectivity index (χ1n) is 23.7. The van der Waals surface area contributed by atoms with Gasteiger partial charge in [-0.3, -0.25) is 4.31 Å². The van der Waals surface area contributed by atoms with Gasteiger partial charge in [-0.15, -0.1) is 0 Å². The molecule has 366 valence electrons. The molecule has 0 aliphatic carbocycles. The van der Waals surface area contributed by atoms with E-state index in [-0.39, 0.29) is 30.1 Å². The van der Waals surface area contributed by atoms with Crippen molar-refractivity contribution in [2.24, 2.45) is 5.92 Å². The summed E-state index contributed by atoms with van der Waals surface area (Å²) >= 11 is 2.30. The number of ether oxygens (including phenoxy) is 2. The summed E-state index contributed by atoms with van der Waals surface area (Å²) in [4.78, 5) is 25.5. The highest BCUT2D eigenvalue weighted by Gasteiger charge is 2.42. The first-order valence-corrected chi connectivity index (χ1v) is 26.2. The van der Waals surface area contributed by atoms with E-state index in [0.29, 0.717) is 102 Å². The van der Waals surface area contributed by atoms with Crippen molar-refractivity contribution in [1.82, 2.24) is 37.1 Å². The highest BCUT2D eigenvalue weighted by Crippen LogP contribution is 2.42. The Hall–Kier alpha value is -5.88. The van der Waals surface area contributed by atoms with Crippen LogP contribution in [0.25, 0.3) is 27.8 Å². The van der Waals surface area contributed by atoms with Crippen LogP contribution in [0, 0.1) is 17.6 Å². The standard InChI is InChI=1S/C49H54F2IN13O4S/c1-59-17-19-61(20-18-59)42-29-43(68-2)40(28-39(42)51)55-48-53-30-33-9-15-64(46(33)57-48)35-4-6-36(7-5-35)65-16-11-44(70(65,66)67)45-37-10-14-62(31-32-12-25-69-26-13-32)47(37)58-49(56-45)54-34-3-8-41(38(50)27-34)60-21-23-63(52)24-22-60/h3-10,14-15,27-30,32,44H,11-13,16-26,31H2,1-2H3,(H,53,55,57)(H,54,56,58). The minimum atomic E-state index is -3.98. The zero-order valence-corrected chi connectivity index (χ0v) is 41.9. The molecule has 7 aromatic rings. The lowest BCUT2D eigenvalue weighted by atomic mass is 10.0. The summed E-state index contributed by atoms with van der Waals surface area (Å²) in [6, 6.07) is 19.3. The predicted molar refractivity (Wildman–Crippen MR) is 277 cm³/mol. The molecule has 1 unspecified atom stereocenters. The fraction of sp³-hybridized carbons (Fsp3) is 0.388. The largest absolute Gasteiger partial charge is 0.494 e. The zero-order valence-electron chi connectivity index (χ0n) is 38.9. The van der Waals surface area contributed by atoms with Crippen molar-refractivity contribution in [3.05, 3.63) is 103 Å². The summed E-state index contributed by atoms with van der Waals surface area (Å²) in [6.45, 7) is 8.60. The number of hydrogen-bond donors (Lipinski definition) is 2. The Balaban J connectivity index is 0.848. The Bertz CT molecular complexity index is 3150. The van der Waals surface area contributed by atoms with Crippen LogP contribution in [-0.2, 0) is 21.3 Å². The van der Waals surface area contributed by atoms with Crippen LogP contribution in [0.5, 0.6) is 5.75 Å². The van der Waals surface area contributed by atoms with Crippen molar-refractivity contribution in [1.29, 1.82) is 0 Å². The van der Waals surface area contributed by atoms with E-state index in [0.717, 1.165) is 63.2 Å². The van der Waals surface area contributed by atoms with Crippen LogP contribution in [0.15, 0.2) is 85.3 Å². The molecule has 0 spiro atoms. The van der Waals surface area contributed by atoms with Crippen LogP contribution in [0.2, 0.25) is 0 Å². The third-order valence-corrected chi connectivity index (χ3v) is 17.1. The fourth-order valence-corrected chi connectivity index (χ4v) is 12.4. The molecule has 4 aromatic heterocycles. The number of benzene rings is 3. The Morgan fingerprint density at radius 1 is 0.757 bits per heavy atom. The molecule has 4 aliphatic rings. The van der Waals surface area contributed by atoms with E-state index in [1.54, 1.807) is 37.6 Å². The van der Waals surface area contributed by atoms with Crippen LogP contribution in [0.3, 0.4) is 0 Å². The Morgan fingerprint density at radius 2 is 1.47 bits per heavy atom. The van der Waals surface area contributed by atoms with E-state index in [9.17, 15) is 8.42 Å². The van der Waals surface area contributed by atoms with Crippen molar-refractivity contribution < 1.29 is 26.7 Å². The molecule has 11 rings (SSSR count). The maximum atomic E-state index is 15.7. The average Bonchev–Trinajstić information content (AvgIpc) is 4.07. The van der Waals surface area contributed by atoms with Crippen LogP contribution < -0.4 is 29.5 Å². The molecule has 3 aromatic carbocycles. The van der Waals surface area contributed by atoms with Crippen molar-refractivity contribution in [3.8, 4) is 11.4 Å². The maximum absolute atomic E-state index is 15.7. The summed E-state index contributed by atoms with van der Waals surface area (Å²) in [5, 5.41) is 6.88. The average molecular weight is 1090 g/mol. The number of piperazine rings is 2. The second-order valence-electron chi connectivity index (χ2n) is 18.4. The van der Waals surface area contributed by atoms with Crippen LogP contribution in [0.1, 0.15) is 30.2 Å². The molecular weight excluding hydrogens is 1030 g/mol. The molecule has 1 atom stereocenters. The number of nitrogens with one attached hydrogen (secondary N) is 2. The van der Waals surface area contributed by atoms with Crippen molar-refractivity contribution >= 4 is 95.3 Å². The fourth-order valence-electron chi connectivity index (χ4n) is 10.0. The first kappa shape index (κ1) is 46.5. The van der Waals surface area contributed by atoms with Gasteiger partial charge < -0.3 is 43.9 Å². The van der Waals surface area contributed by atoms with Crippen molar-refractivity contribution in [3.63, 3.8) is 0 Å². The number of likely N-dealkylation sites (N-methyl/N-ethyl adjacent to an activating group) is 1. The lowest BCUT2D eigenvalue weighted by molar-refractivity contribution is 0.0616. The number of aromatic nitrogens is 6. The normalized spacial score (nSPS) is 19.4. The van der Waals surface area contributed by atoms with Gasteiger partial charge in [0.25, 0.3) is 0 Å². The summed E-state index contributed by atoms with van der Waals surface area (Å²) in [5.74, 6) is 0.577. The number of sulfonamides is 1. The number of anilines is 7. The molecule has 70 heavy (non-hydrogen) atoms. The number of nitrogens with zero attached hydrogens (tertiary/aromatic N) is 11. The third kappa shape index (κ3) is 9.17. The Kier molecular flexibility index (Phi) is 12.9. The molecule has 0 amide bonds. The maximum Gasteiger partial charge on any atom is 0.243 e. The van der Waals surface area contributed by atoms with Crippen molar-refractivity contribution in [2.75, 3.05) is 111 Å². The minimum Gasteiger partial charge on any atom is -0.494 e. The van der Waals surface area contributed by atoms with Gasteiger partial charge in [0.2, 0.25) is 21.9 Å². The van der Waals surface area contributed by atoms with Crippen LogP contribution >= 0.6 is 22.9 Å². The molecule has 0 bridgehead atoms. The molecular formula is C49H54F2IN13O4S. The van der Waals surface area contributed by atoms with E-state index < -0.39 is 15.3 Å². The van der Waals surface area contributed by atoms with Gasteiger partial charge in [-0.1, -0.05) is 0 Å². The van der Waals surface area contributed by atoms with Crippen LogP contribution in [0.4, 0.5) is 49.1 Å². The number of fused-ring (bicyclic) bond motifs is 2.